The second-order valence-electron chi connectivity index (χ2n) is 3.53. The molecule has 0 unspecified atom stereocenters. The highest BCUT2D eigenvalue weighted by Gasteiger charge is 2.12. The number of nitriles is 1. The number of aliphatic carboxylic acids is 1. The number of hydrogen-bond donors (Lipinski definition) is 2. The summed E-state index contributed by atoms with van der Waals surface area (Å²) in [6.45, 7) is 0. The smallest absolute Gasteiger partial charge is 0.313 e. The minimum Gasteiger partial charge on any atom is -0.481 e. The molecule has 9 heteroatoms. The Labute approximate surface area is 117 Å². The van der Waals surface area contributed by atoms with Gasteiger partial charge in [0.05, 0.1) is 27.7 Å². The zero-order chi connectivity index (χ0) is 15.1. The molecule has 1 rings (SSSR count). The van der Waals surface area contributed by atoms with Crippen LogP contribution in [0, 0.1) is 21.4 Å². The highest BCUT2D eigenvalue weighted by Crippen LogP contribution is 2.21. The maximum Gasteiger partial charge on any atom is 0.313 e. The van der Waals surface area contributed by atoms with Crippen LogP contribution in [-0.4, -0.2) is 33.4 Å². The van der Waals surface area contributed by atoms with Crippen LogP contribution in [0.15, 0.2) is 18.2 Å². The molecule has 104 valence electrons. The third kappa shape index (κ3) is 4.58. The number of anilines is 1. The number of amides is 1. The number of carbonyl (C=O) groups is 2. The Hall–Kier alpha value is -2.60. The Kier molecular flexibility index (Phi) is 5.49. The second kappa shape index (κ2) is 7.10. The van der Waals surface area contributed by atoms with Crippen LogP contribution >= 0.6 is 11.8 Å². The molecular weight excluding hydrogens is 286 g/mol. The fourth-order valence-electron chi connectivity index (χ4n) is 1.26. The quantitative estimate of drug-likeness (QED) is 0.595. The number of carbonyl (C=O) groups excluding carboxylic acids is 1. The lowest BCUT2D eigenvalue weighted by molar-refractivity contribution is -0.384. The predicted molar refractivity (Wildman–Crippen MR) is 71.4 cm³/mol. The molecule has 0 saturated heterocycles. The Morgan fingerprint density at radius 2 is 2.15 bits per heavy atom. The van der Waals surface area contributed by atoms with Crippen LogP contribution in [-0.2, 0) is 9.59 Å². The van der Waals surface area contributed by atoms with Gasteiger partial charge in [0.2, 0.25) is 5.91 Å². The fourth-order valence-corrected chi connectivity index (χ4v) is 1.80. The minimum absolute atomic E-state index is 0.0317. The molecule has 0 aliphatic rings. The normalized spacial score (nSPS) is 9.55. The van der Waals surface area contributed by atoms with Gasteiger partial charge in [-0.3, -0.25) is 19.7 Å². The first-order valence-corrected chi connectivity index (χ1v) is 6.37. The molecule has 1 amide bonds. The number of rotatable bonds is 6. The number of nitrogens with zero attached hydrogens (tertiary/aromatic N) is 2. The van der Waals surface area contributed by atoms with E-state index in [2.05, 4.69) is 5.32 Å². The van der Waals surface area contributed by atoms with Gasteiger partial charge >= 0.3 is 5.97 Å². The van der Waals surface area contributed by atoms with E-state index < -0.39 is 16.8 Å². The molecular formula is C11H9N3O5S. The summed E-state index contributed by atoms with van der Waals surface area (Å²) in [6, 6.07) is 5.23. The number of nitro groups is 1. The van der Waals surface area contributed by atoms with E-state index in [9.17, 15) is 19.7 Å². The molecule has 0 aromatic heterocycles. The monoisotopic (exact) mass is 295 g/mol. The second-order valence-corrected chi connectivity index (χ2v) is 4.52. The van der Waals surface area contributed by atoms with Crippen molar-refractivity contribution in [3.63, 3.8) is 0 Å². The number of benzene rings is 1. The standard InChI is InChI=1S/C11H9N3O5S/c12-4-7-3-8(14(18)19)1-2-9(7)13-10(15)5-20-6-11(16)17/h1-3H,5-6H2,(H,13,15)(H,16,17). The number of thioether (sulfide) groups is 1. The maximum absolute atomic E-state index is 11.5. The van der Waals surface area contributed by atoms with Gasteiger partial charge in [0, 0.05) is 12.1 Å². The molecule has 1 aromatic rings. The summed E-state index contributed by atoms with van der Waals surface area (Å²) in [7, 11) is 0. The highest BCUT2D eigenvalue weighted by atomic mass is 32.2. The highest BCUT2D eigenvalue weighted by molar-refractivity contribution is 8.00. The van der Waals surface area contributed by atoms with Crippen molar-refractivity contribution >= 4 is 35.0 Å². The third-order valence-electron chi connectivity index (χ3n) is 2.07. The molecule has 8 nitrogen and oxygen atoms in total. The van der Waals surface area contributed by atoms with E-state index in [0.717, 1.165) is 17.8 Å². The van der Waals surface area contributed by atoms with Crippen molar-refractivity contribution in [1.82, 2.24) is 0 Å². The SMILES string of the molecule is N#Cc1cc([N+](=O)[O-])ccc1NC(=O)CSCC(=O)O. The fraction of sp³-hybridized carbons (Fsp3) is 0.182. The molecule has 0 atom stereocenters. The Bertz CT molecular complexity index is 596. The van der Waals surface area contributed by atoms with E-state index in [-0.39, 0.29) is 28.4 Å². The number of nitro benzene ring substituents is 1. The topological polar surface area (TPSA) is 133 Å². The molecule has 1 aromatic carbocycles. The van der Waals surface area contributed by atoms with Gasteiger partial charge in [-0.2, -0.15) is 5.26 Å². The van der Waals surface area contributed by atoms with Gasteiger partial charge in [-0.25, -0.2) is 0 Å². The van der Waals surface area contributed by atoms with Crippen LogP contribution in [0.3, 0.4) is 0 Å². The van der Waals surface area contributed by atoms with Gasteiger partial charge in [-0.1, -0.05) is 0 Å². The van der Waals surface area contributed by atoms with Crippen molar-refractivity contribution in [2.75, 3.05) is 16.8 Å². The average molecular weight is 295 g/mol. The lowest BCUT2D eigenvalue weighted by Gasteiger charge is -2.06. The van der Waals surface area contributed by atoms with Crippen molar-refractivity contribution in [3.05, 3.63) is 33.9 Å². The molecule has 0 saturated carbocycles. The van der Waals surface area contributed by atoms with Crippen molar-refractivity contribution in [3.8, 4) is 6.07 Å². The zero-order valence-electron chi connectivity index (χ0n) is 10.0. The molecule has 0 heterocycles. The third-order valence-corrected chi connectivity index (χ3v) is 2.98. The molecule has 0 fully saturated rings. The number of nitrogens with one attached hydrogen (secondary N) is 1. The largest absolute Gasteiger partial charge is 0.481 e. The van der Waals surface area contributed by atoms with Crippen molar-refractivity contribution < 1.29 is 19.6 Å². The Morgan fingerprint density at radius 3 is 2.70 bits per heavy atom. The summed E-state index contributed by atoms with van der Waals surface area (Å²) in [4.78, 5) is 31.7. The summed E-state index contributed by atoms with van der Waals surface area (Å²) in [5.41, 5.74) is -0.130. The van der Waals surface area contributed by atoms with Crippen LogP contribution in [0.4, 0.5) is 11.4 Å². The average Bonchev–Trinajstić information content (AvgIpc) is 2.38. The Balaban J connectivity index is 2.72. The summed E-state index contributed by atoms with van der Waals surface area (Å²) in [5.74, 6) is -1.81. The van der Waals surface area contributed by atoms with E-state index in [4.69, 9.17) is 10.4 Å². The van der Waals surface area contributed by atoms with Gasteiger partial charge < -0.3 is 10.4 Å². The van der Waals surface area contributed by atoms with E-state index >= 15 is 0 Å². The van der Waals surface area contributed by atoms with Gasteiger partial charge in [0.15, 0.2) is 0 Å². The number of hydrogen-bond acceptors (Lipinski definition) is 6. The van der Waals surface area contributed by atoms with Gasteiger partial charge in [0.25, 0.3) is 5.69 Å². The number of non-ortho nitro benzene ring substituents is 1. The number of carboxylic acids is 1. The molecule has 0 aliphatic heterocycles. The first-order valence-electron chi connectivity index (χ1n) is 5.22. The van der Waals surface area contributed by atoms with Crippen LogP contribution in [0.25, 0.3) is 0 Å². The summed E-state index contributed by atoms with van der Waals surface area (Å²) in [6.07, 6.45) is 0. The van der Waals surface area contributed by atoms with Crippen LogP contribution < -0.4 is 5.32 Å². The van der Waals surface area contributed by atoms with E-state index in [1.807, 2.05) is 0 Å². The van der Waals surface area contributed by atoms with Gasteiger partial charge in [0.1, 0.15) is 6.07 Å². The molecule has 2 N–H and O–H groups in total. The first-order chi connectivity index (χ1) is 9.43. The maximum atomic E-state index is 11.5. The van der Waals surface area contributed by atoms with Crippen molar-refractivity contribution in [1.29, 1.82) is 5.26 Å². The molecule has 0 aliphatic carbocycles. The lowest BCUT2D eigenvalue weighted by atomic mass is 10.1. The van der Waals surface area contributed by atoms with E-state index in [1.54, 1.807) is 6.07 Å². The van der Waals surface area contributed by atoms with Crippen molar-refractivity contribution in [2.45, 2.75) is 0 Å². The predicted octanol–water partition coefficient (Wildman–Crippen LogP) is 1.22. The van der Waals surface area contributed by atoms with E-state index in [1.165, 1.54) is 12.1 Å². The zero-order valence-corrected chi connectivity index (χ0v) is 10.8. The Morgan fingerprint density at radius 1 is 1.45 bits per heavy atom. The van der Waals surface area contributed by atoms with Crippen LogP contribution in [0.1, 0.15) is 5.56 Å². The van der Waals surface area contributed by atoms with Gasteiger partial charge in [-0.05, 0) is 6.07 Å². The first kappa shape index (κ1) is 15.5. The molecule has 20 heavy (non-hydrogen) atoms. The van der Waals surface area contributed by atoms with E-state index in [0.29, 0.717) is 0 Å². The lowest BCUT2D eigenvalue weighted by Crippen LogP contribution is -2.16. The molecule has 0 radical (unpaired) electrons. The molecule has 0 spiro atoms. The van der Waals surface area contributed by atoms with Gasteiger partial charge in [-0.15, -0.1) is 11.8 Å². The molecule has 0 bridgehead atoms. The van der Waals surface area contributed by atoms with Crippen molar-refractivity contribution in [2.24, 2.45) is 0 Å². The van der Waals surface area contributed by atoms with Crippen LogP contribution in [0.2, 0.25) is 0 Å². The minimum atomic E-state index is -1.03. The summed E-state index contributed by atoms with van der Waals surface area (Å²) in [5, 5.41) is 30.3. The summed E-state index contributed by atoms with van der Waals surface area (Å²) < 4.78 is 0. The summed E-state index contributed by atoms with van der Waals surface area (Å²) >= 11 is 0.907. The van der Waals surface area contributed by atoms with Crippen LogP contribution in [0.5, 0.6) is 0 Å². The number of carboxylic acid groups (broad SMARTS) is 1.